The fourth-order valence-corrected chi connectivity index (χ4v) is 4.88. The van der Waals surface area contributed by atoms with Gasteiger partial charge in [0, 0.05) is 15.7 Å². The number of benzene rings is 3. The molecule has 0 fully saturated rings. The predicted octanol–water partition coefficient (Wildman–Crippen LogP) is 6.58. The molecule has 0 bridgehead atoms. The molecule has 0 spiro atoms. The largest absolute Gasteiger partial charge is 0.139 e. The van der Waals surface area contributed by atoms with E-state index in [1.165, 1.54) is 37.6 Å². The second-order valence-electron chi connectivity index (χ2n) is 6.18. The molecule has 0 saturated heterocycles. The normalized spacial score (nSPS) is 12.8. The molecular formula is C23H16S. The van der Waals surface area contributed by atoms with Crippen molar-refractivity contribution >= 4 is 11.3 Å². The van der Waals surface area contributed by atoms with Gasteiger partial charge in [-0.25, -0.2) is 0 Å². The molecule has 1 aliphatic carbocycles. The summed E-state index contributed by atoms with van der Waals surface area (Å²) < 4.78 is 0. The van der Waals surface area contributed by atoms with Gasteiger partial charge in [0.25, 0.3) is 0 Å². The fourth-order valence-electron chi connectivity index (χ4n) is 3.73. The van der Waals surface area contributed by atoms with Crippen molar-refractivity contribution in [2.24, 2.45) is 0 Å². The highest BCUT2D eigenvalue weighted by Gasteiger charge is 2.30. The molecule has 0 N–H and O–H groups in total. The van der Waals surface area contributed by atoms with Gasteiger partial charge in [0.1, 0.15) is 0 Å². The Bertz CT molecular complexity index is 965. The first-order valence-electron chi connectivity index (χ1n) is 8.25. The monoisotopic (exact) mass is 324 g/mol. The van der Waals surface area contributed by atoms with E-state index in [0.29, 0.717) is 5.92 Å². The van der Waals surface area contributed by atoms with Gasteiger partial charge in [-0.15, -0.1) is 11.3 Å². The third-order valence-corrected chi connectivity index (χ3v) is 6.00. The van der Waals surface area contributed by atoms with E-state index >= 15 is 0 Å². The van der Waals surface area contributed by atoms with Gasteiger partial charge in [-0.1, -0.05) is 78.9 Å². The van der Waals surface area contributed by atoms with Crippen molar-refractivity contribution in [2.75, 3.05) is 0 Å². The van der Waals surface area contributed by atoms with Crippen molar-refractivity contribution in [1.29, 1.82) is 0 Å². The van der Waals surface area contributed by atoms with E-state index in [4.69, 9.17) is 0 Å². The van der Waals surface area contributed by atoms with Crippen LogP contribution in [0.4, 0.5) is 0 Å². The van der Waals surface area contributed by atoms with Crippen LogP contribution in [0.2, 0.25) is 0 Å². The van der Waals surface area contributed by atoms with Crippen LogP contribution in [-0.2, 0) is 0 Å². The minimum atomic E-state index is 0.361. The first kappa shape index (κ1) is 13.8. The Labute approximate surface area is 146 Å². The Morgan fingerprint density at radius 2 is 1.12 bits per heavy atom. The summed E-state index contributed by atoms with van der Waals surface area (Å²) in [6.07, 6.45) is 0. The van der Waals surface area contributed by atoms with Crippen LogP contribution in [0.3, 0.4) is 0 Å². The van der Waals surface area contributed by atoms with Gasteiger partial charge in [-0.3, -0.25) is 0 Å². The van der Waals surface area contributed by atoms with Crippen LogP contribution in [0.15, 0.2) is 91.0 Å². The molecular weight excluding hydrogens is 308 g/mol. The quantitative estimate of drug-likeness (QED) is 0.344. The second kappa shape index (κ2) is 5.47. The van der Waals surface area contributed by atoms with Gasteiger partial charge >= 0.3 is 0 Å². The lowest BCUT2D eigenvalue weighted by Crippen LogP contribution is -1.95. The molecule has 0 atom stereocenters. The van der Waals surface area contributed by atoms with E-state index in [0.717, 1.165) is 0 Å². The fraction of sp³-hybridized carbons (Fsp3) is 0.0435. The van der Waals surface area contributed by atoms with Crippen LogP contribution < -0.4 is 0 Å². The molecule has 0 aliphatic heterocycles. The molecule has 0 nitrogen and oxygen atoms in total. The summed E-state index contributed by atoms with van der Waals surface area (Å²) in [5.41, 5.74) is 6.93. The molecule has 114 valence electrons. The molecule has 0 radical (unpaired) electrons. The number of hydrogen-bond acceptors (Lipinski definition) is 1. The third-order valence-electron chi connectivity index (χ3n) is 4.80. The summed E-state index contributed by atoms with van der Waals surface area (Å²) in [6, 6.07) is 32.9. The predicted molar refractivity (Wildman–Crippen MR) is 103 cm³/mol. The van der Waals surface area contributed by atoms with E-state index in [-0.39, 0.29) is 0 Å². The lowest BCUT2D eigenvalue weighted by molar-refractivity contribution is 1.05. The van der Waals surface area contributed by atoms with Crippen LogP contribution in [0.5, 0.6) is 0 Å². The van der Waals surface area contributed by atoms with E-state index in [9.17, 15) is 0 Å². The first-order chi connectivity index (χ1) is 11.9. The molecule has 1 heteroatoms. The SMILES string of the molecule is c1ccc(-c2ccc(C3c4ccccc4-c4ccccc43)s2)cc1. The van der Waals surface area contributed by atoms with E-state index in [1.54, 1.807) is 0 Å². The Morgan fingerprint density at radius 1 is 0.542 bits per heavy atom. The lowest BCUT2D eigenvalue weighted by atomic mass is 9.95. The van der Waals surface area contributed by atoms with Gasteiger partial charge in [-0.2, -0.15) is 0 Å². The zero-order chi connectivity index (χ0) is 15.9. The van der Waals surface area contributed by atoms with Crippen molar-refractivity contribution in [1.82, 2.24) is 0 Å². The Morgan fingerprint density at radius 3 is 1.79 bits per heavy atom. The summed E-state index contributed by atoms with van der Waals surface area (Å²) in [4.78, 5) is 2.76. The van der Waals surface area contributed by atoms with E-state index < -0.39 is 0 Å². The van der Waals surface area contributed by atoms with Crippen molar-refractivity contribution in [2.45, 2.75) is 5.92 Å². The van der Waals surface area contributed by atoms with Crippen molar-refractivity contribution in [3.63, 3.8) is 0 Å². The van der Waals surface area contributed by atoms with Gasteiger partial charge in [-0.05, 0) is 39.9 Å². The maximum Gasteiger partial charge on any atom is 0.0446 e. The van der Waals surface area contributed by atoms with Crippen LogP contribution in [-0.4, -0.2) is 0 Å². The number of hydrogen-bond donors (Lipinski definition) is 0. The maximum atomic E-state index is 2.30. The van der Waals surface area contributed by atoms with Gasteiger partial charge < -0.3 is 0 Å². The van der Waals surface area contributed by atoms with E-state index in [2.05, 4.69) is 91.0 Å². The number of rotatable bonds is 2. The van der Waals surface area contributed by atoms with Crippen molar-refractivity contribution < 1.29 is 0 Å². The molecule has 24 heavy (non-hydrogen) atoms. The maximum absolute atomic E-state index is 2.30. The van der Waals surface area contributed by atoms with Crippen LogP contribution >= 0.6 is 11.3 Å². The molecule has 0 unspecified atom stereocenters. The highest BCUT2D eigenvalue weighted by atomic mass is 32.1. The molecule has 5 rings (SSSR count). The van der Waals surface area contributed by atoms with Crippen LogP contribution in [0.1, 0.15) is 21.9 Å². The summed E-state index contributed by atoms with van der Waals surface area (Å²) >= 11 is 1.91. The highest BCUT2D eigenvalue weighted by molar-refractivity contribution is 7.15. The zero-order valence-electron chi connectivity index (χ0n) is 13.1. The summed E-state index contributed by atoms with van der Waals surface area (Å²) in [7, 11) is 0. The minimum Gasteiger partial charge on any atom is -0.139 e. The molecule has 1 heterocycles. The second-order valence-corrected chi connectivity index (χ2v) is 7.29. The summed E-state index contributed by atoms with van der Waals surface area (Å²) in [5.74, 6) is 0.361. The molecule has 1 aromatic heterocycles. The molecule has 1 aliphatic rings. The average molecular weight is 324 g/mol. The van der Waals surface area contributed by atoms with E-state index in [1.807, 2.05) is 11.3 Å². The standard InChI is InChI=1S/C23H16S/c1-2-8-16(9-3-1)21-14-15-22(24-21)23-19-12-6-4-10-17(19)18-11-5-7-13-20(18)23/h1-15,23H. The third kappa shape index (κ3) is 2.05. The molecule has 0 saturated carbocycles. The van der Waals surface area contributed by atoms with Crippen molar-refractivity contribution in [3.05, 3.63) is 107 Å². The Kier molecular flexibility index (Phi) is 3.14. The van der Waals surface area contributed by atoms with Gasteiger partial charge in [0.2, 0.25) is 0 Å². The van der Waals surface area contributed by atoms with Gasteiger partial charge in [0.05, 0.1) is 0 Å². The summed E-state index contributed by atoms with van der Waals surface area (Å²) in [5, 5.41) is 0. The first-order valence-corrected chi connectivity index (χ1v) is 9.07. The van der Waals surface area contributed by atoms with Crippen LogP contribution in [0, 0.1) is 0 Å². The highest BCUT2D eigenvalue weighted by Crippen LogP contribution is 2.49. The molecule has 0 amide bonds. The zero-order valence-corrected chi connectivity index (χ0v) is 14.0. The van der Waals surface area contributed by atoms with Crippen molar-refractivity contribution in [3.8, 4) is 21.6 Å². The Hall–Kier alpha value is -2.64. The molecule has 4 aromatic rings. The Balaban J connectivity index is 1.66. The lowest BCUT2D eigenvalue weighted by Gasteiger charge is -2.11. The van der Waals surface area contributed by atoms with Gasteiger partial charge in [0.15, 0.2) is 0 Å². The average Bonchev–Trinajstić information content (AvgIpc) is 3.25. The smallest absolute Gasteiger partial charge is 0.0446 e. The molecule has 3 aromatic carbocycles. The minimum absolute atomic E-state index is 0.361. The number of thiophene rings is 1. The van der Waals surface area contributed by atoms with Crippen LogP contribution in [0.25, 0.3) is 21.6 Å². The summed E-state index contributed by atoms with van der Waals surface area (Å²) in [6.45, 7) is 0. The number of fused-ring (bicyclic) bond motifs is 3. The topological polar surface area (TPSA) is 0 Å².